The van der Waals surface area contributed by atoms with Gasteiger partial charge in [0.05, 0.1) is 22.9 Å². The fourth-order valence-electron chi connectivity index (χ4n) is 1.88. The SMILES string of the molecule is Cc1ccccc1-c1c(Br)cnn1CC(C)N. The third kappa shape index (κ3) is 2.58. The van der Waals surface area contributed by atoms with Gasteiger partial charge in [0.2, 0.25) is 0 Å². The molecule has 0 spiro atoms. The number of nitrogens with zero attached hydrogens (tertiary/aromatic N) is 2. The van der Waals surface area contributed by atoms with Crippen molar-refractivity contribution in [1.82, 2.24) is 9.78 Å². The molecule has 2 N–H and O–H groups in total. The summed E-state index contributed by atoms with van der Waals surface area (Å²) in [5, 5.41) is 4.36. The van der Waals surface area contributed by atoms with E-state index in [9.17, 15) is 0 Å². The van der Waals surface area contributed by atoms with Gasteiger partial charge in [0, 0.05) is 11.6 Å². The number of halogens is 1. The van der Waals surface area contributed by atoms with Crippen molar-refractivity contribution in [2.45, 2.75) is 26.4 Å². The van der Waals surface area contributed by atoms with Gasteiger partial charge in [0.25, 0.3) is 0 Å². The molecular formula is C13H16BrN3. The smallest absolute Gasteiger partial charge is 0.0827 e. The molecule has 0 saturated heterocycles. The molecule has 2 rings (SSSR count). The third-order valence-electron chi connectivity index (χ3n) is 2.66. The Bertz CT molecular complexity index is 517. The number of benzene rings is 1. The maximum atomic E-state index is 5.84. The summed E-state index contributed by atoms with van der Waals surface area (Å²) >= 11 is 3.55. The van der Waals surface area contributed by atoms with Gasteiger partial charge >= 0.3 is 0 Å². The maximum Gasteiger partial charge on any atom is 0.0827 e. The normalized spacial score (nSPS) is 12.7. The molecule has 1 atom stereocenters. The van der Waals surface area contributed by atoms with E-state index in [1.54, 1.807) is 0 Å². The number of nitrogens with two attached hydrogens (primary N) is 1. The Kier molecular flexibility index (Phi) is 3.64. The lowest BCUT2D eigenvalue weighted by molar-refractivity contribution is 0.543. The van der Waals surface area contributed by atoms with E-state index in [0.29, 0.717) is 0 Å². The summed E-state index contributed by atoms with van der Waals surface area (Å²) in [4.78, 5) is 0. The van der Waals surface area contributed by atoms with Crippen LogP contribution in [0.1, 0.15) is 12.5 Å². The monoisotopic (exact) mass is 293 g/mol. The summed E-state index contributed by atoms with van der Waals surface area (Å²) in [6.45, 7) is 4.80. The van der Waals surface area contributed by atoms with Crippen molar-refractivity contribution in [1.29, 1.82) is 0 Å². The van der Waals surface area contributed by atoms with Crippen LogP contribution >= 0.6 is 15.9 Å². The zero-order valence-electron chi connectivity index (χ0n) is 10.0. The summed E-state index contributed by atoms with van der Waals surface area (Å²) < 4.78 is 2.96. The van der Waals surface area contributed by atoms with Gasteiger partial charge in [-0.3, -0.25) is 4.68 Å². The van der Waals surface area contributed by atoms with Crippen molar-refractivity contribution in [2.75, 3.05) is 0 Å². The lowest BCUT2D eigenvalue weighted by Crippen LogP contribution is -2.23. The lowest BCUT2D eigenvalue weighted by Gasteiger charge is -2.12. The topological polar surface area (TPSA) is 43.8 Å². The molecule has 1 aromatic carbocycles. The minimum absolute atomic E-state index is 0.0876. The molecule has 0 bridgehead atoms. The average Bonchev–Trinajstić information content (AvgIpc) is 2.60. The van der Waals surface area contributed by atoms with E-state index in [-0.39, 0.29) is 6.04 Å². The van der Waals surface area contributed by atoms with Crippen molar-refractivity contribution in [3.05, 3.63) is 40.5 Å². The molecular weight excluding hydrogens is 278 g/mol. The Balaban J connectivity index is 2.51. The van der Waals surface area contributed by atoms with Crippen LogP contribution in [0, 0.1) is 6.92 Å². The molecule has 17 heavy (non-hydrogen) atoms. The van der Waals surface area contributed by atoms with Gasteiger partial charge in [-0.25, -0.2) is 0 Å². The summed E-state index contributed by atoms with van der Waals surface area (Å²) in [5.41, 5.74) is 9.37. The van der Waals surface area contributed by atoms with Crippen LogP contribution in [0.3, 0.4) is 0 Å². The van der Waals surface area contributed by atoms with Crippen LogP contribution in [0.15, 0.2) is 34.9 Å². The molecule has 0 aliphatic rings. The van der Waals surface area contributed by atoms with E-state index in [2.05, 4.69) is 40.1 Å². The van der Waals surface area contributed by atoms with Gasteiger partial charge in [-0.2, -0.15) is 5.10 Å². The first-order valence-electron chi connectivity index (χ1n) is 5.62. The molecule has 0 aliphatic heterocycles. The minimum atomic E-state index is 0.0876. The fourth-order valence-corrected chi connectivity index (χ4v) is 2.39. The number of aromatic nitrogens is 2. The lowest BCUT2D eigenvalue weighted by atomic mass is 10.1. The van der Waals surface area contributed by atoms with Crippen molar-refractivity contribution in [3.8, 4) is 11.3 Å². The van der Waals surface area contributed by atoms with E-state index in [4.69, 9.17) is 5.73 Å². The summed E-state index contributed by atoms with van der Waals surface area (Å²) in [6, 6.07) is 8.38. The Labute approximate surface area is 110 Å². The molecule has 1 aromatic heterocycles. The molecule has 4 heteroatoms. The van der Waals surface area contributed by atoms with Crippen LogP contribution in [0.4, 0.5) is 0 Å². The van der Waals surface area contributed by atoms with E-state index < -0.39 is 0 Å². The second-order valence-corrected chi connectivity index (χ2v) is 5.17. The standard InChI is InChI=1S/C13H16BrN3/c1-9-5-3-4-6-11(9)13-12(14)7-16-17(13)8-10(2)15/h3-7,10H,8,15H2,1-2H3. The maximum absolute atomic E-state index is 5.84. The highest BCUT2D eigenvalue weighted by Crippen LogP contribution is 2.30. The molecule has 0 radical (unpaired) electrons. The van der Waals surface area contributed by atoms with Gasteiger partial charge < -0.3 is 5.73 Å². The molecule has 0 aliphatic carbocycles. The van der Waals surface area contributed by atoms with E-state index in [1.807, 2.05) is 29.9 Å². The fraction of sp³-hybridized carbons (Fsp3) is 0.308. The van der Waals surface area contributed by atoms with Crippen molar-refractivity contribution in [3.63, 3.8) is 0 Å². The van der Waals surface area contributed by atoms with Crippen LogP contribution in [-0.2, 0) is 6.54 Å². The summed E-state index contributed by atoms with van der Waals surface area (Å²) in [7, 11) is 0. The zero-order chi connectivity index (χ0) is 12.4. The molecule has 0 saturated carbocycles. The first kappa shape index (κ1) is 12.3. The predicted molar refractivity (Wildman–Crippen MR) is 73.7 cm³/mol. The van der Waals surface area contributed by atoms with Gasteiger partial charge in [0.1, 0.15) is 0 Å². The van der Waals surface area contributed by atoms with Gasteiger partial charge in [-0.05, 0) is 35.3 Å². The van der Waals surface area contributed by atoms with Crippen LogP contribution in [0.5, 0.6) is 0 Å². The summed E-state index contributed by atoms with van der Waals surface area (Å²) in [5.74, 6) is 0. The summed E-state index contributed by atoms with van der Waals surface area (Å²) in [6.07, 6.45) is 1.82. The molecule has 1 unspecified atom stereocenters. The second kappa shape index (κ2) is 5.02. The van der Waals surface area contributed by atoms with E-state index in [1.165, 1.54) is 11.1 Å². The minimum Gasteiger partial charge on any atom is -0.326 e. The Morgan fingerprint density at radius 1 is 1.41 bits per heavy atom. The molecule has 0 amide bonds. The Morgan fingerprint density at radius 2 is 2.12 bits per heavy atom. The first-order chi connectivity index (χ1) is 8.09. The molecule has 3 nitrogen and oxygen atoms in total. The van der Waals surface area contributed by atoms with Gasteiger partial charge in [-0.1, -0.05) is 24.3 Å². The highest BCUT2D eigenvalue weighted by atomic mass is 79.9. The van der Waals surface area contributed by atoms with Gasteiger partial charge in [0.15, 0.2) is 0 Å². The van der Waals surface area contributed by atoms with Crippen molar-refractivity contribution in [2.24, 2.45) is 5.73 Å². The number of aryl methyl sites for hydroxylation is 1. The van der Waals surface area contributed by atoms with Crippen LogP contribution in [0.2, 0.25) is 0 Å². The van der Waals surface area contributed by atoms with Gasteiger partial charge in [-0.15, -0.1) is 0 Å². The number of hydrogen-bond acceptors (Lipinski definition) is 2. The van der Waals surface area contributed by atoms with Crippen molar-refractivity contribution >= 4 is 15.9 Å². The quantitative estimate of drug-likeness (QED) is 0.945. The first-order valence-corrected chi connectivity index (χ1v) is 6.41. The Hall–Kier alpha value is -1.13. The number of rotatable bonds is 3. The van der Waals surface area contributed by atoms with Crippen LogP contribution < -0.4 is 5.73 Å². The molecule has 1 heterocycles. The van der Waals surface area contributed by atoms with E-state index >= 15 is 0 Å². The van der Waals surface area contributed by atoms with Crippen LogP contribution in [-0.4, -0.2) is 15.8 Å². The highest BCUT2D eigenvalue weighted by Gasteiger charge is 2.13. The largest absolute Gasteiger partial charge is 0.326 e. The second-order valence-electron chi connectivity index (χ2n) is 4.32. The van der Waals surface area contributed by atoms with Crippen molar-refractivity contribution < 1.29 is 0 Å². The molecule has 0 fully saturated rings. The highest BCUT2D eigenvalue weighted by molar-refractivity contribution is 9.10. The van der Waals surface area contributed by atoms with Crippen LogP contribution in [0.25, 0.3) is 11.3 Å². The zero-order valence-corrected chi connectivity index (χ0v) is 11.6. The average molecular weight is 294 g/mol. The molecule has 90 valence electrons. The Morgan fingerprint density at radius 3 is 2.76 bits per heavy atom. The van der Waals surface area contributed by atoms with E-state index in [0.717, 1.165) is 16.7 Å². The number of hydrogen-bond donors (Lipinski definition) is 1. The molecule has 2 aromatic rings. The third-order valence-corrected chi connectivity index (χ3v) is 3.24. The predicted octanol–water partition coefficient (Wildman–Crippen LogP) is 2.97.